The first-order valence-electron chi connectivity index (χ1n) is 17.2. The fraction of sp³-hybridized carbons (Fsp3) is 0.0833. The third-order valence-corrected chi connectivity index (χ3v) is 9.10. The van der Waals surface area contributed by atoms with Crippen LogP contribution in [0.25, 0.3) is 72.0 Å². The first-order chi connectivity index (χ1) is 24.9. The van der Waals surface area contributed by atoms with Crippen molar-refractivity contribution in [1.29, 1.82) is 0 Å². The van der Waals surface area contributed by atoms with E-state index in [0.717, 1.165) is 55.9 Å². The van der Waals surface area contributed by atoms with E-state index in [4.69, 9.17) is 4.98 Å². The largest absolute Gasteiger partial charge is 0.374 e. The van der Waals surface area contributed by atoms with Crippen molar-refractivity contribution >= 4 is 41.0 Å². The van der Waals surface area contributed by atoms with Gasteiger partial charge in [-0.15, -0.1) is 65.5 Å². The van der Waals surface area contributed by atoms with Gasteiger partial charge >= 0.3 is 0 Å². The molecule has 0 spiro atoms. The number of fused-ring (bicyclic) bond motifs is 4. The Balaban J connectivity index is 0.000000252. The maximum absolute atomic E-state index is 4.97. The van der Waals surface area contributed by atoms with E-state index in [1.54, 1.807) is 0 Å². The minimum absolute atomic E-state index is 0. The summed E-state index contributed by atoms with van der Waals surface area (Å²) < 4.78 is 2.18. The van der Waals surface area contributed by atoms with Gasteiger partial charge in [0.1, 0.15) is 0 Å². The van der Waals surface area contributed by atoms with Crippen LogP contribution in [0.15, 0.2) is 158 Å². The Labute approximate surface area is 358 Å². The number of para-hydroxylation sites is 3. The van der Waals surface area contributed by atoms with Crippen LogP contribution in [-0.4, -0.2) is 22.9 Å². The van der Waals surface area contributed by atoms with Gasteiger partial charge in [0.05, 0.1) is 11.0 Å². The van der Waals surface area contributed by atoms with E-state index < -0.39 is 0 Å². The summed E-state index contributed by atoms with van der Waals surface area (Å²) in [5, 5.41) is 4.79. The maximum atomic E-state index is 4.97. The molecule has 7 aromatic carbocycles. The average Bonchev–Trinajstić information content (AvgIpc) is 3.58. The molecule has 0 aliphatic carbocycles. The van der Waals surface area contributed by atoms with Crippen molar-refractivity contribution in [2.45, 2.75) is 26.2 Å². The predicted octanol–water partition coefficient (Wildman–Crippen LogP) is 11.5. The Hall–Kier alpha value is -4.50. The fourth-order valence-electron chi connectivity index (χ4n) is 6.37. The summed E-state index contributed by atoms with van der Waals surface area (Å²) >= 11 is 0. The van der Waals surface area contributed by atoms with Crippen LogP contribution in [0, 0.1) is 24.3 Å². The van der Waals surface area contributed by atoms with E-state index in [1.807, 2.05) is 79.0 Å². The molecule has 0 amide bonds. The van der Waals surface area contributed by atoms with Crippen LogP contribution in [0.1, 0.15) is 26.3 Å². The van der Waals surface area contributed by atoms with Gasteiger partial charge in [-0.1, -0.05) is 99.0 Å². The van der Waals surface area contributed by atoms with Crippen LogP contribution >= 0.6 is 0 Å². The molecule has 0 saturated carbocycles. The van der Waals surface area contributed by atoms with E-state index in [-0.39, 0.29) is 66.6 Å². The molecule has 3 nitrogen and oxygen atoms in total. The summed E-state index contributed by atoms with van der Waals surface area (Å²) in [5.41, 5.74) is 9.32. The number of hydrogen-bond donors (Lipinski definition) is 0. The second-order valence-corrected chi connectivity index (χ2v) is 13.6. The molecule has 0 saturated heterocycles. The number of aromatic nitrogens is 3. The van der Waals surface area contributed by atoms with Gasteiger partial charge in [0.2, 0.25) is 0 Å². The summed E-state index contributed by atoms with van der Waals surface area (Å²) in [6, 6.07) is 65.5. The summed E-state index contributed by atoms with van der Waals surface area (Å²) in [7, 11) is 0. The number of imidazole rings is 1. The zero-order valence-electron chi connectivity index (χ0n) is 30.3. The van der Waals surface area contributed by atoms with Gasteiger partial charge in [0.25, 0.3) is 0 Å². The van der Waals surface area contributed by atoms with Gasteiger partial charge in [-0.25, -0.2) is 6.07 Å². The first-order valence-corrected chi connectivity index (χ1v) is 17.2. The number of pyridine rings is 1. The van der Waals surface area contributed by atoms with E-state index in [9.17, 15) is 0 Å². The first kappa shape index (κ1) is 40.7. The van der Waals surface area contributed by atoms with Crippen LogP contribution in [0.3, 0.4) is 0 Å². The SMILES string of the molecule is CC(C)(C)c1ccc(-c2[c-]cccc2)nc1.[B].[Ir].[Y].[c-]1ccc(-c2[c-]c3ccc4ccccc4c3cc2)[c-]c1-c1nc2ccccc2n1-c1ccccc1. The standard InChI is InChI=1S/C33H19N2.C15H16N.B.Ir.Y/c1-2-12-28(13-3-1)35-32-16-7-6-15-31(32)34-33(35)27-11-8-10-24(22-27)25-19-20-30-26(21-25)18-17-23-9-4-5-14-29(23)30;1-15(2,3)13-9-10-14(16-11-13)12-7-5-4-6-8-12;;;/h1-10,12-20H;4-7,9-11H,1-3H3;;;/q-3;-1;;;. The molecular formula is C48H35BIrN3Y-4. The minimum Gasteiger partial charge on any atom is -0.374 e. The van der Waals surface area contributed by atoms with Crippen LogP contribution < -0.4 is 0 Å². The molecule has 0 unspecified atom stereocenters. The van der Waals surface area contributed by atoms with Crippen molar-refractivity contribution in [1.82, 2.24) is 14.5 Å². The fourth-order valence-corrected chi connectivity index (χ4v) is 6.37. The minimum atomic E-state index is 0. The van der Waals surface area contributed by atoms with Crippen molar-refractivity contribution in [3.63, 3.8) is 0 Å². The van der Waals surface area contributed by atoms with E-state index in [0.29, 0.717) is 0 Å². The molecule has 2 heterocycles. The Kier molecular flexibility index (Phi) is 13.4. The Morgan fingerprint density at radius 2 is 1.33 bits per heavy atom. The predicted molar refractivity (Wildman–Crippen MR) is 216 cm³/mol. The molecule has 0 bridgehead atoms. The maximum Gasteiger partial charge on any atom is 0.0668 e. The van der Waals surface area contributed by atoms with Gasteiger partial charge in [-0.05, 0) is 57.5 Å². The van der Waals surface area contributed by atoms with Gasteiger partial charge in [0, 0.05) is 73.1 Å². The molecule has 0 atom stereocenters. The third-order valence-electron chi connectivity index (χ3n) is 9.10. The van der Waals surface area contributed by atoms with Gasteiger partial charge < -0.3 is 20.6 Å². The second-order valence-electron chi connectivity index (χ2n) is 13.6. The van der Waals surface area contributed by atoms with E-state index in [1.165, 1.54) is 21.7 Å². The summed E-state index contributed by atoms with van der Waals surface area (Å²) in [5.74, 6) is 0.825. The molecule has 6 heteroatoms. The Bertz CT molecular complexity index is 2620. The number of nitrogens with zero attached hydrogens (tertiary/aromatic N) is 3. The Morgan fingerprint density at radius 3 is 2.09 bits per heavy atom. The zero-order valence-corrected chi connectivity index (χ0v) is 35.6. The molecule has 54 heavy (non-hydrogen) atoms. The molecule has 0 aliphatic rings. The van der Waals surface area contributed by atoms with Crippen molar-refractivity contribution in [3.05, 3.63) is 188 Å². The van der Waals surface area contributed by atoms with Gasteiger partial charge in [0.15, 0.2) is 0 Å². The monoisotopic (exact) mass is 946 g/mol. The van der Waals surface area contributed by atoms with Crippen molar-refractivity contribution in [3.8, 4) is 39.5 Å². The topological polar surface area (TPSA) is 30.7 Å². The molecule has 261 valence electrons. The van der Waals surface area contributed by atoms with Crippen LogP contribution in [0.4, 0.5) is 0 Å². The summed E-state index contributed by atoms with van der Waals surface area (Å²) in [6.07, 6.45) is 1.95. The molecule has 9 rings (SSSR count). The Morgan fingerprint density at radius 1 is 0.593 bits per heavy atom. The van der Waals surface area contributed by atoms with E-state index in [2.05, 4.69) is 133 Å². The number of rotatable bonds is 4. The van der Waals surface area contributed by atoms with Crippen molar-refractivity contribution in [2.75, 3.05) is 0 Å². The van der Waals surface area contributed by atoms with Crippen LogP contribution in [0.2, 0.25) is 0 Å². The van der Waals surface area contributed by atoms with Gasteiger partial charge in [-0.3, -0.25) is 23.3 Å². The van der Waals surface area contributed by atoms with Crippen molar-refractivity contribution in [2.24, 2.45) is 0 Å². The third kappa shape index (κ3) is 8.57. The van der Waals surface area contributed by atoms with E-state index >= 15 is 0 Å². The molecule has 0 N–H and O–H groups in total. The summed E-state index contributed by atoms with van der Waals surface area (Å²) in [6.45, 7) is 6.58. The number of benzene rings is 7. The smallest absolute Gasteiger partial charge is 0.0668 e. The quantitative estimate of drug-likeness (QED) is 0.1000. The second kappa shape index (κ2) is 17.8. The average molecular weight is 946 g/mol. The normalized spacial score (nSPS) is 10.8. The van der Waals surface area contributed by atoms with Crippen molar-refractivity contribution < 1.29 is 52.8 Å². The molecule has 0 fully saturated rings. The van der Waals surface area contributed by atoms with Crippen LogP contribution in [0.5, 0.6) is 0 Å². The molecule has 5 radical (unpaired) electrons. The number of hydrogen-bond acceptors (Lipinski definition) is 2. The molecule has 2 aromatic heterocycles. The summed E-state index contributed by atoms with van der Waals surface area (Å²) in [4.78, 5) is 9.45. The van der Waals surface area contributed by atoms with Gasteiger partial charge in [-0.2, -0.15) is 5.56 Å². The van der Waals surface area contributed by atoms with Crippen LogP contribution in [-0.2, 0) is 58.2 Å². The zero-order chi connectivity index (χ0) is 34.8. The molecule has 9 aromatic rings. The molecule has 0 aliphatic heterocycles. The molecular weight excluding hydrogens is 910 g/mol.